The summed E-state index contributed by atoms with van der Waals surface area (Å²) in [6, 6.07) is 7.27. The molecule has 0 fully saturated rings. The molecule has 0 heterocycles. The molecule has 1 rings (SSSR count). The molecular formula is C11H12AlNO3. The first-order chi connectivity index (χ1) is 7.52. The SMILES string of the molecule is Cc1ccccc1C(=O)CC[CH]([Al])[N+](=O)[O-]. The van der Waals surface area contributed by atoms with Gasteiger partial charge in [0.25, 0.3) is 16.3 Å². The third-order valence-electron chi connectivity index (χ3n) is 2.38. The fourth-order valence-electron chi connectivity index (χ4n) is 1.40. The van der Waals surface area contributed by atoms with Crippen molar-refractivity contribution in [1.29, 1.82) is 0 Å². The van der Waals surface area contributed by atoms with Crippen molar-refractivity contribution >= 4 is 22.1 Å². The number of hydrogen-bond acceptors (Lipinski definition) is 3. The summed E-state index contributed by atoms with van der Waals surface area (Å²) in [4.78, 5) is 21.0. The summed E-state index contributed by atoms with van der Waals surface area (Å²) in [7, 11) is 0. The molecule has 2 radical (unpaired) electrons. The Kier molecular flexibility index (Phi) is 4.66. The highest BCUT2D eigenvalue weighted by Gasteiger charge is 2.15. The standard InChI is InChI=1S/C11H12NO3.Al/c1-9-5-2-3-6-10(9)11(13)7-4-8-12(14)15;/h2-3,5-6,8H,4,7H2,1H3;. The number of nitrogens with zero attached hydrogens (tertiary/aromatic N) is 1. The fourth-order valence-corrected chi connectivity index (χ4v) is 1.57. The summed E-state index contributed by atoms with van der Waals surface area (Å²) in [5.74, 6) is -0.0348. The Morgan fingerprint density at radius 3 is 2.69 bits per heavy atom. The summed E-state index contributed by atoms with van der Waals surface area (Å²) >= 11 is 2.14. The molecule has 1 unspecified atom stereocenters. The van der Waals surface area contributed by atoms with Gasteiger partial charge in [-0.2, -0.15) is 0 Å². The van der Waals surface area contributed by atoms with Crippen molar-refractivity contribution in [2.75, 3.05) is 0 Å². The van der Waals surface area contributed by atoms with E-state index in [1.54, 1.807) is 12.1 Å². The van der Waals surface area contributed by atoms with Crippen LogP contribution in [0.4, 0.5) is 0 Å². The monoisotopic (exact) mass is 233 g/mol. The molecule has 0 bridgehead atoms. The van der Waals surface area contributed by atoms with Crippen LogP contribution in [0.25, 0.3) is 0 Å². The zero-order valence-electron chi connectivity index (χ0n) is 9.05. The first-order valence-corrected chi connectivity index (χ1v) is 5.67. The van der Waals surface area contributed by atoms with E-state index in [2.05, 4.69) is 16.3 Å². The second-order valence-electron chi connectivity index (χ2n) is 3.63. The zero-order chi connectivity index (χ0) is 12.1. The minimum atomic E-state index is -0.743. The van der Waals surface area contributed by atoms with Gasteiger partial charge in [0.15, 0.2) is 5.78 Å². The molecule has 1 atom stereocenters. The molecule has 0 aliphatic rings. The van der Waals surface area contributed by atoms with Gasteiger partial charge in [-0.3, -0.25) is 14.9 Å². The number of rotatable bonds is 5. The van der Waals surface area contributed by atoms with Gasteiger partial charge in [0, 0.05) is 23.3 Å². The molecule has 0 N–H and O–H groups in total. The Morgan fingerprint density at radius 2 is 2.12 bits per heavy atom. The molecule has 0 spiro atoms. The van der Waals surface area contributed by atoms with Crippen molar-refractivity contribution in [2.24, 2.45) is 0 Å². The van der Waals surface area contributed by atoms with Crippen molar-refractivity contribution < 1.29 is 9.72 Å². The number of ketones is 1. The van der Waals surface area contributed by atoms with E-state index in [4.69, 9.17) is 0 Å². The second-order valence-corrected chi connectivity index (χ2v) is 4.40. The van der Waals surface area contributed by atoms with Crippen molar-refractivity contribution in [3.63, 3.8) is 0 Å². The van der Waals surface area contributed by atoms with Crippen LogP contribution in [-0.4, -0.2) is 31.9 Å². The maximum absolute atomic E-state index is 11.8. The van der Waals surface area contributed by atoms with Crippen LogP contribution in [-0.2, 0) is 0 Å². The Balaban J connectivity index is 2.60. The summed E-state index contributed by atoms with van der Waals surface area (Å²) in [5, 5.41) is 10.4. The van der Waals surface area contributed by atoms with E-state index in [0.717, 1.165) is 5.56 Å². The molecule has 0 saturated heterocycles. The van der Waals surface area contributed by atoms with Gasteiger partial charge in [-0.25, -0.2) is 0 Å². The fraction of sp³-hybridized carbons (Fsp3) is 0.364. The maximum Gasteiger partial charge on any atom is 0.254 e. The first kappa shape index (κ1) is 12.9. The van der Waals surface area contributed by atoms with Crippen LogP contribution >= 0.6 is 0 Å². The molecule has 4 nitrogen and oxygen atoms in total. The molecule has 0 aromatic heterocycles. The highest BCUT2D eigenvalue weighted by Crippen LogP contribution is 2.11. The summed E-state index contributed by atoms with van der Waals surface area (Å²) in [6.45, 7) is 1.86. The van der Waals surface area contributed by atoms with Crippen LogP contribution in [0.15, 0.2) is 24.3 Å². The van der Waals surface area contributed by atoms with Gasteiger partial charge in [0.1, 0.15) is 4.90 Å². The van der Waals surface area contributed by atoms with Gasteiger partial charge >= 0.3 is 0 Å². The van der Waals surface area contributed by atoms with E-state index in [0.29, 0.717) is 5.56 Å². The Bertz CT molecular complexity index is 406. The van der Waals surface area contributed by atoms with Crippen LogP contribution in [0.1, 0.15) is 28.8 Å². The number of benzene rings is 1. The molecule has 0 aliphatic carbocycles. The topological polar surface area (TPSA) is 60.2 Å². The lowest BCUT2D eigenvalue weighted by atomic mass is 10.0. The van der Waals surface area contributed by atoms with E-state index in [1.807, 2.05) is 19.1 Å². The molecule has 5 heteroatoms. The van der Waals surface area contributed by atoms with Gasteiger partial charge in [0.05, 0.1) is 0 Å². The Labute approximate surface area is 102 Å². The smallest absolute Gasteiger partial charge is 0.254 e. The molecule has 82 valence electrons. The Morgan fingerprint density at radius 1 is 1.50 bits per heavy atom. The van der Waals surface area contributed by atoms with Crippen LogP contribution in [0.3, 0.4) is 0 Å². The zero-order valence-corrected chi connectivity index (χ0v) is 10.2. The van der Waals surface area contributed by atoms with Gasteiger partial charge in [-0.05, 0) is 12.5 Å². The minimum Gasteiger partial charge on any atom is -0.294 e. The molecule has 0 aliphatic heterocycles. The number of carbonyl (C=O) groups is 1. The predicted octanol–water partition coefficient (Wildman–Crippen LogP) is 1.73. The average molecular weight is 233 g/mol. The van der Waals surface area contributed by atoms with E-state index >= 15 is 0 Å². The first-order valence-electron chi connectivity index (χ1n) is 5.00. The highest BCUT2D eigenvalue weighted by molar-refractivity contribution is 6.11. The number of aryl methyl sites for hydroxylation is 1. The third-order valence-corrected chi connectivity index (χ3v) is 2.96. The lowest BCUT2D eigenvalue weighted by molar-refractivity contribution is -0.499. The lowest BCUT2D eigenvalue weighted by Gasteiger charge is -2.06. The lowest BCUT2D eigenvalue weighted by Crippen LogP contribution is -2.20. The third kappa shape index (κ3) is 3.44. The van der Waals surface area contributed by atoms with Crippen LogP contribution in [0, 0.1) is 17.0 Å². The maximum atomic E-state index is 11.8. The summed E-state index contributed by atoms with van der Waals surface area (Å²) in [5.41, 5.74) is 1.57. The second kappa shape index (κ2) is 5.78. The van der Waals surface area contributed by atoms with Gasteiger partial charge in [-0.1, -0.05) is 24.3 Å². The molecule has 1 aromatic carbocycles. The number of hydrogen-bond donors (Lipinski definition) is 0. The quantitative estimate of drug-likeness (QED) is 0.337. The van der Waals surface area contributed by atoms with Crippen molar-refractivity contribution in [3.8, 4) is 0 Å². The number of carbonyl (C=O) groups excluding carboxylic acids is 1. The van der Waals surface area contributed by atoms with Crippen molar-refractivity contribution in [1.82, 2.24) is 0 Å². The number of Topliss-reactive ketones (excluding diaryl/α,β-unsaturated/α-hetero) is 1. The molecule has 16 heavy (non-hydrogen) atoms. The molecular weight excluding hydrogens is 221 g/mol. The largest absolute Gasteiger partial charge is 0.294 e. The van der Waals surface area contributed by atoms with E-state index in [1.165, 1.54) is 0 Å². The van der Waals surface area contributed by atoms with Gasteiger partial charge in [0.2, 0.25) is 0 Å². The van der Waals surface area contributed by atoms with Gasteiger partial charge < -0.3 is 0 Å². The van der Waals surface area contributed by atoms with Crippen LogP contribution in [0.5, 0.6) is 0 Å². The van der Waals surface area contributed by atoms with Crippen LogP contribution in [0.2, 0.25) is 0 Å². The average Bonchev–Trinajstić information content (AvgIpc) is 2.25. The minimum absolute atomic E-state index is 0.0348. The van der Waals surface area contributed by atoms with Gasteiger partial charge in [-0.15, -0.1) is 0 Å². The van der Waals surface area contributed by atoms with Crippen molar-refractivity contribution in [2.45, 2.75) is 24.7 Å². The normalized spacial score (nSPS) is 12.1. The summed E-state index contributed by atoms with van der Waals surface area (Å²) < 4.78 is 0. The number of nitro groups is 1. The van der Waals surface area contributed by atoms with Crippen LogP contribution < -0.4 is 0 Å². The highest BCUT2D eigenvalue weighted by atomic mass is 27.0. The van der Waals surface area contributed by atoms with Crippen molar-refractivity contribution in [3.05, 3.63) is 45.5 Å². The van der Waals surface area contributed by atoms with E-state index in [-0.39, 0.29) is 18.6 Å². The molecule has 0 saturated carbocycles. The van der Waals surface area contributed by atoms with E-state index < -0.39 is 9.83 Å². The van der Waals surface area contributed by atoms with E-state index in [9.17, 15) is 14.9 Å². The molecule has 0 amide bonds. The predicted molar refractivity (Wildman–Crippen MR) is 61.3 cm³/mol. The molecule has 1 aromatic rings. The summed E-state index contributed by atoms with van der Waals surface area (Å²) in [6.07, 6.45) is 0.463. The Hall–Kier alpha value is -1.18.